The lowest BCUT2D eigenvalue weighted by molar-refractivity contribution is 1.18. The maximum absolute atomic E-state index is 5.10. The Kier molecular flexibility index (Phi) is 6.36. The van der Waals surface area contributed by atoms with E-state index in [1.165, 1.54) is 49.0 Å². The number of hydrogen-bond donors (Lipinski definition) is 0. The lowest BCUT2D eigenvalue weighted by atomic mass is 9.90. The van der Waals surface area contributed by atoms with Gasteiger partial charge in [0.25, 0.3) is 0 Å². The molecular weight excluding hydrogens is 571 g/mol. The van der Waals surface area contributed by atoms with E-state index in [9.17, 15) is 0 Å². The number of aryl methyl sites for hydroxylation is 1. The van der Waals surface area contributed by atoms with Crippen LogP contribution in [0.1, 0.15) is 5.56 Å². The van der Waals surface area contributed by atoms with E-state index in [2.05, 4.69) is 133 Å². The molecule has 0 spiro atoms. The first-order valence-electron chi connectivity index (χ1n) is 15.9. The fourth-order valence-corrected chi connectivity index (χ4v) is 6.85. The predicted molar refractivity (Wildman–Crippen MR) is 195 cm³/mol. The summed E-state index contributed by atoms with van der Waals surface area (Å²) < 4.78 is 0. The molecule has 0 saturated heterocycles. The zero-order valence-electron chi connectivity index (χ0n) is 25.9. The molecule has 0 aliphatic rings. The summed E-state index contributed by atoms with van der Waals surface area (Å²) in [5.74, 6) is 0.704. The molecule has 0 N–H and O–H groups in total. The Balaban J connectivity index is 1.13. The third-order valence-corrected chi connectivity index (χ3v) is 9.31. The van der Waals surface area contributed by atoms with Gasteiger partial charge < -0.3 is 0 Å². The fourth-order valence-electron chi connectivity index (χ4n) is 6.85. The van der Waals surface area contributed by atoms with Crippen molar-refractivity contribution in [2.45, 2.75) is 6.92 Å². The van der Waals surface area contributed by atoms with Gasteiger partial charge in [0.15, 0.2) is 5.82 Å². The van der Waals surface area contributed by atoms with Crippen LogP contribution >= 0.6 is 0 Å². The number of aromatic nitrogens is 3. The minimum absolute atomic E-state index is 0.704. The molecule has 0 radical (unpaired) electrons. The number of pyridine rings is 1. The van der Waals surface area contributed by atoms with Gasteiger partial charge in [0.2, 0.25) is 0 Å². The maximum Gasteiger partial charge on any atom is 0.160 e. The monoisotopic (exact) mass is 599 g/mol. The quantitative estimate of drug-likeness (QED) is 0.185. The van der Waals surface area contributed by atoms with Crippen LogP contribution in [0.4, 0.5) is 0 Å². The van der Waals surface area contributed by atoms with Gasteiger partial charge in [-0.25, -0.2) is 9.97 Å². The normalized spacial score (nSPS) is 11.5. The minimum atomic E-state index is 0.704. The van der Waals surface area contributed by atoms with Gasteiger partial charge in [-0.2, -0.15) is 0 Å². The van der Waals surface area contributed by atoms with Crippen LogP contribution in [0.2, 0.25) is 0 Å². The first-order valence-corrected chi connectivity index (χ1v) is 15.9. The highest BCUT2D eigenvalue weighted by Crippen LogP contribution is 2.39. The summed E-state index contributed by atoms with van der Waals surface area (Å²) in [6.07, 6.45) is 3.76. The van der Waals surface area contributed by atoms with Crippen LogP contribution in [0.15, 0.2) is 158 Å². The molecular formula is C44H29N3. The summed E-state index contributed by atoms with van der Waals surface area (Å²) in [7, 11) is 0. The van der Waals surface area contributed by atoms with Crippen LogP contribution in [0.25, 0.3) is 88.5 Å². The molecule has 0 unspecified atom stereocenters. The lowest BCUT2D eigenvalue weighted by Crippen LogP contribution is -1.96. The van der Waals surface area contributed by atoms with Gasteiger partial charge in [-0.3, -0.25) is 4.98 Å². The van der Waals surface area contributed by atoms with Crippen molar-refractivity contribution >= 4 is 32.3 Å². The lowest BCUT2D eigenvalue weighted by Gasteiger charge is -2.14. The molecule has 3 nitrogen and oxygen atoms in total. The van der Waals surface area contributed by atoms with Crippen LogP contribution in [0.3, 0.4) is 0 Å². The predicted octanol–water partition coefficient (Wildman–Crippen LogP) is 11.4. The molecule has 0 fully saturated rings. The van der Waals surface area contributed by atoms with Crippen LogP contribution in [0.5, 0.6) is 0 Å². The Morgan fingerprint density at radius 1 is 0.426 bits per heavy atom. The molecule has 3 heteroatoms. The van der Waals surface area contributed by atoms with Crippen molar-refractivity contribution < 1.29 is 0 Å². The Bertz CT molecular complexity index is 2540. The molecule has 0 saturated carbocycles. The molecule has 47 heavy (non-hydrogen) atoms. The fraction of sp³-hybridized carbons (Fsp3) is 0.0227. The second-order valence-electron chi connectivity index (χ2n) is 12.1. The number of hydrogen-bond acceptors (Lipinski definition) is 3. The third kappa shape index (κ3) is 4.72. The maximum atomic E-state index is 5.10. The van der Waals surface area contributed by atoms with Crippen LogP contribution < -0.4 is 0 Å². The first kappa shape index (κ1) is 27.1. The summed E-state index contributed by atoms with van der Waals surface area (Å²) in [6, 6.07) is 51.7. The van der Waals surface area contributed by atoms with Crippen LogP contribution in [0, 0.1) is 6.92 Å². The summed E-state index contributed by atoms with van der Waals surface area (Å²) in [6.45, 7) is 2.11. The molecule has 9 rings (SSSR count). The van der Waals surface area contributed by atoms with Crippen molar-refractivity contribution in [3.63, 3.8) is 0 Å². The van der Waals surface area contributed by atoms with Crippen molar-refractivity contribution in [2.75, 3.05) is 0 Å². The van der Waals surface area contributed by atoms with Gasteiger partial charge in [0.1, 0.15) is 0 Å². The molecule has 2 heterocycles. The van der Waals surface area contributed by atoms with E-state index in [0.29, 0.717) is 5.82 Å². The number of benzene rings is 7. The zero-order chi connectivity index (χ0) is 31.3. The smallest absolute Gasteiger partial charge is 0.160 e. The number of rotatable bonds is 5. The minimum Gasteiger partial charge on any atom is -0.264 e. The van der Waals surface area contributed by atoms with E-state index in [1.54, 1.807) is 0 Å². The van der Waals surface area contributed by atoms with Gasteiger partial charge in [-0.05, 0) is 73.6 Å². The molecule has 9 aromatic rings. The molecule has 0 aliphatic carbocycles. The Morgan fingerprint density at radius 3 is 1.70 bits per heavy atom. The summed E-state index contributed by atoms with van der Waals surface area (Å²) in [4.78, 5) is 14.5. The molecule has 0 atom stereocenters. The molecule has 220 valence electrons. The van der Waals surface area contributed by atoms with Gasteiger partial charge in [-0.1, -0.05) is 133 Å². The standard InChI is InChI=1S/C44H29N3/c1-28-24-25-45-27-39(28)30-10-14-32(15-11-30)41-26-40(31-6-3-2-4-7-31)46-44(47-41)36-18-12-29(13-19-36)37-22-20-35-17-16-33-8-5-9-34-21-23-38(37)43(35)42(33)34/h2-27H,1H3. The number of nitrogens with zero attached hydrogens (tertiary/aromatic N) is 3. The second-order valence-corrected chi connectivity index (χ2v) is 12.1. The third-order valence-electron chi connectivity index (χ3n) is 9.31. The van der Waals surface area contributed by atoms with E-state index >= 15 is 0 Å². The molecule has 0 aliphatic heterocycles. The van der Waals surface area contributed by atoms with E-state index in [4.69, 9.17) is 9.97 Å². The van der Waals surface area contributed by atoms with Crippen molar-refractivity contribution in [1.29, 1.82) is 0 Å². The van der Waals surface area contributed by atoms with Crippen LogP contribution in [-0.4, -0.2) is 15.0 Å². The van der Waals surface area contributed by atoms with Crippen molar-refractivity contribution in [3.8, 4) is 56.2 Å². The highest BCUT2D eigenvalue weighted by Gasteiger charge is 2.14. The highest BCUT2D eigenvalue weighted by atomic mass is 14.9. The van der Waals surface area contributed by atoms with Crippen molar-refractivity contribution in [3.05, 3.63) is 164 Å². The second kappa shape index (κ2) is 11.0. The topological polar surface area (TPSA) is 38.7 Å². The average Bonchev–Trinajstić information content (AvgIpc) is 3.14. The van der Waals surface area contributed by atoms with E-state index in [0.717, 1.165) is 39.2 Å². The van der Waals surface area contributed by atoms with Crippen molar-refractivity contribution in [1.82, 2.24) is 15.0 Å². The Morgan fingerprint density at radius 2 is 1.00 bits per heavy atom. The van der Waals surface area contributed by atoms with Crippen LogP contribution in [-0.2, 0) is 0 Å². The highest BCUT2D eigenvalue weighted by molar-refractivity contribution is 6.25. The molecule has 7 aromatic carbocycles. The van der Waals surface area contributed by atoms with Gasteiger partial charge in [-0.15, -0.1) is 0 Å². The summed E-state index contributed by atoms with van der Waals surface area (Å²) >= 11 is 0. The Labute approximate surface area is 273 Å². The van der Waals surface area contributed by atoms with Crippen molar-refractivity contribution in [2.24, 2.45) is 0 Å². The van der Waals surface area contributed by atoms with E-state index in [1.807, 2.05) is 36.7 Å². The van der Waals surface area contributed by atoms with Gasteiger partial charge in [0.05, 0.1) is 11.4 Å². The van der Waals surface area contributed by atoms with Gasteiger partial charge >= 0.3 is 0 Å². The SMILES string of the molecule is Cc1ccncc1-c1ccc(-c2cc(-c3ccccc3)nc(-c3ccc(-c4ccc5ccc6cccc7ccc4c5c67)cc3)n2)cc1. The van der Waals surface area contributed by atoms with E-state index in [-0.39, 0.29) is 0 Å². The van der Waals surface area contributed by atoms with Gasteiger partial charge in [0, 0.05) is 34.6 Å². The average molecular weight is 600 g/mol. The Hall–Kier alpha value is -6.19. The molecule has 0 bridgehead atoms. The largest absolute Gasteiger partial charge is 0.264 e. The molecule has 0 amide bonds. The molecule has 2 aromatic heterocycles. The zero-order valence-corrected chi connectivity index (χ0v) is 25.9. The first-order chi connectivity index (χ1) is 23.2. The van der Waals surface area contributed by atoms with E-state index < -0.39 is 0 Å². The summed E-state index contributed by atoms with van der Waals surface area (Å²) in [5, 5.41) is 7.77. The summed E-state index contributed by atoms with van der Waals surface area (Å²) in [5.41, 5.74) is 10.7.